The van der Waals surface area contributed by atoms with Gasteiger partial charge in [0, 0.05) is 11.6 Å². The molecule has 0 heterocycles. The fourth-order valence-electron chi connectivity index (χ4n) is 2.26. The molecule has 0 aliphatic heterocycles. The van der Waals surface area contributed by atoms with Crippen LogP contribution in [0, 0.1) is 13.8 Å². The third-order valence-corrected chi connectivity index (χ3v) is 4.85. The zero-order valence-electron chi connectivity index (χ0n) is 14.3. The summed E-state index contributed by atoms with van der Waals surface area (Å²) in [6, 6.07) is 11.4. The van der Waals surface area contributed by atoms with Gasteiger partial charge in [0.05, 0.1) is 10.6 Å². The van der Waals surface area contributed by atoms with Gasteiger partial charge in [0.2, 0.25) is 0 Å². The minimum absolute atomic E-state index is 0.0205. The smallest absolute Gasteiger partial charge is 0.261 e. The van der Waals surface area contributed by atoms with Crippen LogP contribution >= 0.6 is 0 Å². The van der Waals surface area contributed by atoms with Gasteiger partial charge in [0.15, 0.2) is 0 Å². The summed E-state index contributed by atoms with van der Waals surface area (Å²) in [6.07, 6.45) is 0. The second-order valence-corrected chi connectivity index (χ2v) is 7.76. The Morgan fingerprint density at radius 3 is 2.17 bits per heavy atom. The second-order valence-electron chi connectivity index (χ2n) is 6.08. The summed E-state index contributed by atoms with van der Waals surface area (Å²) in [4.78, 5) is 12.0. The van der Waals surface area contributed by atoms with E-state index >= 15 is 0 Å². The summed E-state index contributed by atoms with van der Waals surface area (Å²) in [5.41, 5.74) is 2.89. The topological polar surface area (TPSA) is 75.3 Å². The minimum atomic E-state index is -3.70. The third kappa shape index (κ3) is 4.35. The van der Waals surface area contributed by atoms with E-state index in [4.69, 9.17) is 0 Å². The molecular formula is C18H22N2O3S. The third-order valence-electron chi connectivity index (χ3n) is 3.47. The Morgan fingerprint density at radius 1 is 1.00 bits per heavy atom. The van der Waals surface area contributed by atoms with Crippen molar-refractivity contribution in [2.75, 3.05) is 4.72 Å². The van der Waals surface area contributed by atoms with E-state index < -0.39 is 10.0 Å². The molecule has 0 saturated heterocycles. The largest absolute Gasteiger partial charge is 0.350 e. The fraction of sp³-hybridized carbons (Fsp3) is 0.278. The first-order valence-electron chi connectivity index (χ1n) is 7.70. The van der Waals surface area contributed by atoms with Gasteiger partial charge in [0.25, 0.3) is 15.9 Å². The van der Waals surface area contributed by atoms with Crippen molar-refractivity contribution < 1.29 is 13.2 Å². The van der Waals surface area contributed by atoms with Crippen molar-refractivity contribution in [1.29, 1.82) is 0 Å². The lowest BCUT2D eigenvalue weighted by Gasteiger charge is -2.12. The lowest BCUT2D eigenvalue weighted by Crippen LogP contribution is -2.30. The molecule has 0 unspecified atom stereocenters. The maximum Gasteiger partial charge on any atom is 0.261 e. The molecule has 2 aromatic rings. The lowest BCUT2D eigenvalue weighted by molar-refractivity contribution is 0.0943. The van der Waals surface area contributed by atoms with Gasteiger partial charge < -0.3 is 5.32 Å². The van der Waals surface area contributed by atoms with Gasteiger partial charge in [0.1, 0.15) is 0 Å². The number of amides is 1. The molecule has 0 fully saturated rings. The Hall–Kier alpha value is -2.34. The van der Waals surface area contributed by atoms with Gasteiger partial charge in [-0.15, -0.1) is 0 Å². The number of nitrogens with one attached hydrogen (secondary N) is 2. The molecule has 2 rings (SSSR count). The molecule has 128 valence electrons. The number of hydrogen-bond donors (Lipinski definition) is 2. The highest BCUT2D eigenvalue weighted by atomic mass is 32.2. The van der Waals surface area contributed by atoms with Gasteiger partial charge in [-0.05, 0) is 63.6 Å². The average Bonchev–Trinajstić information content (AvgIpc) is 2.49. The molecular weight excluding hydrogens is 324 g/mol. The average molecular weight is 346 g/mol. The van der Waals surface area contributed by atoms with Crippen molar-refractivity contribution in [2.45, 2.75) is 38.6 Å². The van der Waals surface area contributed by atoms with Crippen molar-refractivity contribution in [2.24, 2.45) is 0 Å². The molecule has 0 spiro atoms. The number of hydrogen-bond acceptors (Lipinski definition) is 3. The molecule has 0 bridgehead atoms. The number of carbonyl (C=O) groups is 1. The van der Waals surface area contributed by atoms with E-state index in [0.29, 0.717) is 11.3 Å². The molecule has 0 radical (unpaired) electrons. The summed E-state index contributed by atoms with van der Waals surface area (Å²) >= 11 is 0. The Kier molecular flexibility index (Phi) is 5.29. The Morgan fingerprint density at radius 2 is 1.62 bits per heavy atom. The lowest BCUT2D eigenvalue weighted by atomic mass is 10.1. The summed E-state index contributed by atoms with van der Waals surface area (Å²) in [6.45, 7) is 7.53. The molecule has 0 saturated carbocycles. The maximum absolute atomic E-state index is 12.5. The van der Waals surface area contributed by atoms with Gasteiger partial charge in [-0.1, -0.05) is 17.7 Å². The molecule has 5 nitrogen and oxygen atoms in total. The van der Waals surface area contributed by atoms with Crippen LogP contribution in [0.15, 0.2) is 47.4 Å². The summed E-state index contributed by atoms with van der Waals surface area (Å²) in [5, 5.41) is 2.77. The van der Waals surface area contributed by atoms with Crippen LogP contribution in [0.3, 0.4) is 0 Å². The van der Waals surface area contributed by atoms with Crippen LogP contribution in [0.4, 0.5) is 5.69 Å². The van der Waals surface area contributed by atoms with Gasteiger partial charge >= 0.3 is 0 Å². The molecule has 0 aliphatic carbocycles. The normalized spacial score (nSPS) is 11.4. The van der Waals surface area contributed by atoms with E-state index in [2.05, 4.69) is 10.0 Å². The number of rotatable bonds is 5. The quantitative estimate of drug-likeness (QED) is 0.873. The van der Waals surface area contributed by atoms with Crippen LogP contribution in [-0.4, -0.2) is 20.4 Å². The van der Waals surface area contributed by atoms with Crippen molar-refractivity contribution in [3.63, 3.8) is 0 Å². The number of carbonyl (C=O) groups excluding carboxylic acids is 1. The van der Waals surface area contributed by atoms with Crippen LogP contribution in [0.1, 0.15) is 35.3 Å². The number of benzene rings is 2. The summed E-state index contributed by atoms with van der Waals surface area (Å²) in [7, 11) is -3.70. The van der Waals surface area contributed by atoms with Crippen LogP contribution in [0.25, 0.3) is 0 Å². The molecule has 0 aliphatic rings. The van der Waals surface area contributed by atoms with Gasteiger partial charge in [-0.2, -0.15) is 0 Å². The maximum atomic E-state index is 12.5. The number of aryl methyl sites for hydroxylation is 2. The van der Waals surface area contributed by atoms with Crippen LogP contribution < -0.4 is 10.0 Å². The van der Waals surface area contributed by atoms with Crippen LogP contribution in [0.5, 0.6) is 0 Å². The van der Waals surface area contributed by atoms with E-state index in [1.54, 1.807) is 6.07 Å². The fourth-order valence-corrected chi connectivity index (χ4v) is 3.39. The van der Waals surface area contributed by atoms with Crippen molar-refractivity contribution in [1.82, 2.24) is 5.32 Å². The molecule has 1 amide bonds. The summed E-state index contributed by atoms with van der Waals surface area (Å²) < 4.78 is 27.6. The molecule has 2 N–H and O–H groups in total. The van der Waals surface area contributed by atoms with E-state index in [0.717, 1.165) is 11.1 Å². The van der Waals surface area contributed by atoms with E-state index in [-0.39, 0.29) is 16.8 Å². The molecule has 0 atom stereocenters. The highest BCUT2D eigenvalue weighted by Gasteiger charge is 2.16. The number of sulfonamides is 1. The molecule has 2 aromatic carbocycles. The van der Waals surface area contributed by atoms with Crippen LogP contribution in [-0.2, 0) is 10.0 Å². The molecule has 6 heteroatoms. The predicted molar refractivity (Wildman–Crippen MR) is 95.8 cm³/mol. The van der Waals surface area contributed by atoms with Crippen molar-refractivity contribution >= 4 is 21.6 Å². The summed E-state index contributed by atoms with van der Waals surface area (Å²) in [5.74, 6) is -0.226. The van der Waals surface area contributed by atoms with Crippen molar-refractivity contribution in [3.8, 4) is 0 Å². The van der Waals surface area contributed by atoms with E-state index in [9.17, 15) is 13.2 Å². The molecule has 24 heavy (non-hydrogen) atoms. The van der Waals surface area contributed by atoms with Gasteiger partial charge in [-0.25, -0.2) is 8.42 Å². The highest BCUT2D eigenvalue weighted by Crippen LogP contribution is 2.21. The Bertz CT molecular complexity index is 841. The molecule has 0 aromatic heterocycles. The first-order chi connectivity index (χ1) is 11.2. The standard InChI is InChI=1S/C18H22N2O3S/c1-12(2)19-18(21)15-6-8-16(9-7-15)24(22,23)20-17-10-5-13(3)11-14(17)4/h5-12,20H,1-4H3,(H,19,21). The zero-order chi connectivity index (χ0) is 17.9. The van der Waals surface area contributed by atoms with E-state index in [1.807, 2.05) is 39.8 Å². The predicted octanol–water partition coefficient (Wildman–Crippen LogP) is 3.24. The Balaban J connectivity index is 2.22. The highest BCUT2D eigenvalue weighted by molar-refractivity contribution is 7.92. The SMILES string of the molecule is Cc1ccc(NS(=O)(=O)c2ccc(C(=O)NC(C)C)cc2)c(C)c1. The first kappa shape index (κ1) is 18.0. The zero-order valence-corrected chi connectivity index (χ0v) is 15.1. The van der Waals surface area contributed by atoms with Crippen LogP contribution in [0.2, 0.25) is 0 Å². The second kappa shape index (κ2) is 7.05. The van der Waals surface area contributed by atoms with Gasteiger partial charge in [-0.3, -0.25) is 9.52 Å². The first-order valence-corrected chi connectivity index (χ1v) is 9.18. The van der Waals surface area contributed by atoms with E-state index in [1.165, 1.54) is 24.3 Å². The minimum Gasteiger partial charge on any atom is -0.350 e. The Labute approximate surface area is 143 Å². The van der Waals surface area contributed by atoms with Crippen molar-refractivity contribution in [3.05, 3.63) is 59.2 Å². The monoisotopic (exact) mass is 346 g/mol. The number of anilines is 1.